The quantitative estimate of drug-likeness (QED) is 0.614. The molecule has 2 aromatic heterocycles. The number of hydrogen-bond donors (Lipinski definition) is 0. The Balaban J connectivity index is 1.91. The van der Waals surface area contributed by atoms with Gasteiger partial charge in [-0.05, 0) is 53.7 Å². The lowest BCUT2D eigenvalue weighted by atomic mass is 9.79. The van der Waals surface area contributed by atoms with Gasteiger partial charge in [0.15, 0.2) is 5.65 Å². The Kier molecular flexibility index (Phi) is 4.42. The fourth-order valence-corrected chi connectivity index (χ4v) is 4.58. The third-order valence-corrected chi connectivity index (χ3v) is 7.41. The van der Waals surface area contributed by atoms with Crippen molar-refractivity contribution in [2.24, 2.45) is 0 Å². The van der Waals surface area contributed by atoms with Gasteiger partial charge >= 0.3 is 7.12 Å². The van der Waals surface area contributed by atoms with E-state index in [9.17, 15) is 8.42 Å². The van der Waals surface area contributed by atoms with Crippen LogP contribution in [0.1, 0.15) is 39.1 Å². The van der Waals surface area contributed by atoms with Crippen molar-refractivity contribution in [1.29, 1.82) is 0 Å². The summed E-state index contributed by atoms with van der Waals surface area (Å²) in [6, 6.07) is 6.74. The standard InChI is InChI=1S/C20H24BN3O4S/c1-13-7-9-15(10-8-13)29(25,26)24-12-17(16-11-22-14(2)23-18(16)24)21-27-19(3,4)20(5,6)28-21/h7-12H,1-6H3. The number of nitrogens with zero attached hydrogens (tertiary/aromatic N) is 3. The molecule has 1 aliphatic rings. The molecule has 1 fully saturated rings. The van der Waals surface area contributed by atoms with Crippen LogP contribution in [0.5, 0.6) is 0 Å². The second-order valence-corrected chi connectivity index (χ2v) is 10.3. The van der Waals surface area contributed by atoms with Gasteiger partial charge in [-0.1, -0.05) is 17.7 Å². The number of aryl methyl sites for hydroxylation is 2. The monoisotopic (exact) mass is 413 g/mol. The summed E-state index contributed by atoms with van der Waals surface area (Å²) in [5.41, 5.74) is 0.788. The largest absolute Gasteiger partial charge is 0.497 e. The third-order valence-electron chi connectivity index (χ3n) is 5.75. The third kappa shape index (κ3) is 3.17. The molecule has 152 valence electrons. The van der Waals surface area contributed by atoms with E-state index in [0.717, 1.165) is 5.56 Å². The van der Waals surface area contributed by atoms with Crippen molar-refractivity contribution >= 4 is 33.6 Å². The van der Waals surface area contributed by atoms with E-state index in [1.165, 1.54) is 10.2 Å². The van der Waals surface area contributed by atoms with E-state index in [0.29, 0.717) is 22.3 Å². The second kappa shape index (κ2) is 6.39. The van der Waals surface area contributed by atoms with E-state index < -0.39 is 28.3 Å². The predicted molar refractivity (Wildman–Crippen MR) is 112 cm³/mol. The summed E-state index contributed by atoms with van der Waals surface area (Å²) in [6.45, 7) is 11.5. The molecule has 7 nitrogen and oxygen atoms in total. The summed E-state index contributed by atoms with van der Waals surface area (Å²) in [5, 5.41) is 0.588. The van der Waals surface area contributed by atoms with Crippen LogP contribution in [0.3, 0.4) is 0 Å². The Labute approximate surface area is 171 Å². The normalized spacial score (nSPS) is 18.5. The summed E-state index contributed by atoms with van der Waals surface area (Å²) < 4.78 is 40.2. The highest BCUT2D eigenvalue weighted by Crippen LogP contribution is 2.37. The molecule has 1 aromatic carbocycles. The Morgan fingerprint density at radius 3 is 2.17 bits per heavy atom. The topological polar surface area (TPSA) is 83.3 Å². The van der Waals surface area contributed by atoms with Gasteiger partial charge in [0, 0.05) is 23.2 Å². The number of rotatable bonds is 3. The number of hydrogen-bond acceptors (Lipinski definition) is 6. The Morgan fingerprint density at radius 1 is 1.00 bits per heavy atom. The van der Waals surface area contributed by atoms with Gasteiger partial charge in [-0.2, -0.15) is 0 Å². The molecule has 3 aromatic rings. The van der Waals surface area contributed by atoms with Gasteiger partial charge in [0.1, 0.15) is 5.82 Å². The smallest absolute Gasteiger partial charge is 0.399 e. The number of fused-ring (bicyclic) bond motifs is 1. The zero-order valence-corrected chi connectivity index (χ0v) is 18.2. The van der Waals surface area contributed by atoms with Gasteiger partial charge in [-0.15, -0.1) is 0 Å². The van der Waals surface area contributed by atoms with Crippen molar-refractivity contribution in [3.8, 4) is 0 Å². The molecule has 0 amide bonds. The van der Waals surface area contributed by atoms with Gasteiger partial charge in [-0.25, -0.2) is 22.4 Å². The lowest BCUT2D eigenvalue weighted by Crippen LogP contribution is -2.41. The first-order chi connectivity index (χ1) is 13.4. The van der Waals surface area contributed by atoms with Crippen molar-refractivity contribution in [1.82, 2.24) is 13.9 Å². The van der Waals surface area contributed by atoms with Crippen molar-refractivity contribution in [3.63, 3.8) is 0 Å². The minimum absolute atomic E-state index is 0.191. The van der Waals surface area contributed by atoms with Crippen molar-refractivity contribution < 1.29 is 17.7 Å². The van der Waals surface area contributed by atoms with Crippen LogP contribution in [-0.2, 0) is 19.3 Å². The first-order valence-corrected chi connectivity index (χ1v) is 10.9. The van der Waals surface area contributed by atoms with Crippen LogP contribution in [0.15, 0.2) is 41.6 Å². The molecule has 9 heteroatoms. The maximum atomic E-state index is 13.4. The molecule has 1 aliphatic heterocycles. The zero-order chi connectivity index (χ0) is 21.2. The summed E-state index contributed by atoms with van der Waals surface area (Å²) in [7, 11) is -4.57. The van der Waals surface area contributed by atoms with Gasteiger partial charge in [-0.3, -0.25) is 0 Å². The summed E-state index contributed by atoms with van der Waals surface area (Å²) >= 11 is 0. The summed E-state index contributed by atoms with van der Waals surface area (Å²) in [5.74, 6) is 0.483. The van der Waals surface area contributed by atoms with Crippen LogP contribution in [0.25, 0.3) is 11.0 Å². The van der Waals surface area contributed by atoms with E-state index >= 15 is 0 Å². The Morgan fingerprint density at radius 2 is 1.59 bits per heavy atom. The highest BCUT2D eigenvalue weighted by atomic mass is 32.2. The molecule has 0 radical (unpaired) electrons. The molecule has 0 unspecified atom stereocenters. The van der Waals surface area contributed by atoms with Crippen LogP contribution in [0.4, 0.5) is 0 Å². The predicted octanol–water partition coefficient (Wildman–Crippen LogP) is 2.58. The molecule has 3 heterocycles. The molecule has 0 atom stereocenters. The minimum atomic E-state index is -3.85. The second-order valence-electron chi connectivity index (χ2n) is 8.44. The number of benzene rings is 1. The number of aromatic nitrogens is 3. The van der Waals surface area contributed by atoms with Crippen LogP contribution in [-0.4, -0.2) is 40.7 Å². The average Bonchev–Trinajstić information content (AvgIpc) is 3.09. The first-order valence-electron chi connectivity index (χ1n) is 9.45. The maximum Gasteiger partial charge on any atom is 0.497 e. The SMILES string of the molecule is Cc1ccc(S(=O)(=O)n2cc(B3OC(C)(C)C(C)(C)O3)c3cnc(C)nc32)cc1. The average molecular weight is 413 g/mol. The van der Waals surface area contributed by atoms with Crippen LogP contribution in [0.2, 0.25) is 0 Å². The molecule has 0 aliphatic carbocycles. The molecular weight excluding hydrogens is 389 g/mol. The van der Waals surface area contributed by atoms with Crippen molar-refractivity contribution in [2.75, 3.05) is 0 Å². The van der Waals surface area contributed by atoms with Crippen LogP contribution < -0.4 is 5.46 Å². The Bertz CT molecular complexity index is 1180. The van der Waals surface area contributed by atoms with Gasteiger partial charge in [0.25, 0.3) is 10.0 Å². The molecule has 4 rings (SSSR count). The van der Waals surface area contributed by atoms with E-state index in [4.69, 9.17) is 9.31 Å². The molecule has 1 saturated heterocycles. The summed E-state index contributed by atoms with van der Waals surface area (Å²) in [6.07, 6.45) is 3.16. The zero-order valence-electron chi connectivity index (χ0n) is 17.4. The van der Waals surface area contributed by atoms with E-state index in [2.05, 4.69) is 9.97 Å². The molecule has 29 heavy (non-hydrogen) atoms. The van der Waals surface area contributed by atoms with Crippen LogP contribution >= 0.6 is 0 Å². The summed E-state index contributed by atoms with van der Waals surface area (Å²) in [4.78, 5) is 8.86. The maximum absolute atomic E-state index is 13.4. The molecule has 0 saturated carbocycles. The van der Waals surface area contributed by atoms with Crippen molar-refractivity contribution in [3.05, 3.63) is 48.0 Å². The highest BCUT2D eigenvalue weighted by molar-refractivity contribution is 7.90. The lowest BCUT2D eigenvalue weighted by molar-refractivity contribution is 0.00578. The fourth-order valence-electron chi connectivity index (χ4n) is 3.25. The minimum Gasteiger partial charge on any atom is -0.399 e. The highest BCUT2D eigenvalue weighted by Gasteiger charge is 2.52. The van der Waals surface area contributed by atoms with Gasteiger partial charge in [0.05, 0.1) is 16.1 Å². The van der Waals surface area contributed by atoms with E-state index in [1.807, 2.05) is 34.6 Å². The molecule has 0 N–H and O–H groups in total. The molecule has 0 spiro atoms. The van der Waals surface area contributed by atoms with E-state index in [-0.39, 0.29) is 4.90 Å². The van der Waals surface area contributed by atoms with Gasteiger partial charge in [0.2, 0.25) is 0 Å². The lowest BCUT2D eigenvalue weighted by Gasteiger charge is -2.32. The van der Waals surface area contributed by atoms with Gasteiger partial charge < -0.3 is 9.31 Å². The molecule has 0 bridgehead atoms. The van der Waals surface area contributed by atoms with Crippen molar-refractivity contribution in [2.45, 2.75) is 57.6 Å². The fraction of sp³-hybridized carbons (Fsp3) is 0.400. The first kappa shape index (κ1) is 20.1. The van der Waals surface area contributed by atoms with Crippen LogP contribution in [0, 0.1) is 13.8 Å². The van der Waals surface area contributed by atoms with E-state index in [1.54, 1.807) is 37.4 Å². The molecular formula is C20H24BN3O4S. The Hall–Kier alpha value is -2.23.